The van der Waals surface area contributed by atoms with Gasteiger partial charge in [-0.05, 0) is 79.9 Å². The average molecular weight is 499 g/mol. The maximum Gasteiger partial charge on any atom is 0.214 e. The molecule has 1 saturated heterocycles. The normalized spacial score (nSPS) is 19.6. The topological polar surface area (TPSA) is 101 Å². The maximum atomic E-state index is 13.8. The van der Waals surface area contributed by atoms with E-state index in [2.05, 4.69) is 37.8 Å². The van der Waals surface area contributed by atoms with Crippen molar-refractivity contribution in [2.24, 2.45) is 5.92 Å². The molecule has 1 aliphatic heterocycles. The molecule has 2 unspecified atom stereocenters. The molecule has 2 atom stereocenters. The van der Waals surface area contributed by atoms with E-state index >= 15 is 0 Å². The summed E-state index contributed by atoms with van der Waals surface area (Å²) < 4.78 is 13.8. The first kappa shape index (κ1) is 23.7. The first-order chi connectivity index (χ1) is 18.1. The van der Waals surface area contributed by atoms with Crippen LogP contribution in [0.1, 0.15) is 50.2 Å². The second-order valence-corrected chi connectivity index (χ2v) is 10.1. The molecule has 4 aromatic heterocycles. The highest BCUT2D eigenvalue weighted by molar-refractivity contribution is 5.93. The van der Waals surface area contributed by atoms with Gasteiger partial charge in [-0.3, -0.25) is 4.98 Å². The van der Waals surface area contributed by atoms with Crippen LogP contribution in [0.2, 0.25) is 0 Å². The summed E-state index contributed by atoms with van der Waals surface area (Å²) in [5.74, 6) is 2.97. The highest BCUT2D eigenvalue weighted by Gasteiger charge is 2.29. The summed E-state index contributed by atoms with van der Waals surface area (Å²) in [6.45, 7) is 6.25. The Balaban J connectivity index is 1.40. The molecule has 3 N–H and O–H groups in total. The lowest BCUT2D eigenvalue weighted by molar-refractivity contribution is 0.368. The fourth-order valence-electron chi connectivity index (χ4n) is 5.07. The summed E-state index contributed by atoms with van der Waals surface area (Å²) in [6.07, 6.45) is 9.63. The van der Waals surface area contributed by atoms with E-state index in [1.54, 1.807) is 12.3 Å². The molecule has 6 rings (SSSR count). The molecule has 0 radical (unpaired) electrons. The molecule has 4 aromatic rings. The Morgan fingerprint density at radius 3 is 2.76 bits per heavy atom. The number of anilines is 3. The van der Waals surface area contributed by atoms with Gasteiger partial charge in [0, 0.05) is 29.4 Å². The van der Waals surface area contributed by atoms with E-state index in [1.807, 2.05) is 31.5 Å². The van der Waals surface area contributed by atoms with Gasteiger partial charge in [0.15, 0.2) is 5.82 Å². The van der Waals surface area contributed by atoms with Crippen molar-refractivity contribution in [3.63, 3.8) is 0 Å². The molecule has 0 bridgehead atoms. The molecule has 37 heavy (non-hydrogen) atoms. The number of hydrogen-bond donors (Lipinski definition) is 3. The third-order valence-corrected chi connectivity index (χ3v) is 7.35. The molecule has 0 amide bonds. The standard InChI is InChI=1S/C28H31FN8/c1-3-17-6-7-23(29)35-26(17)36-24-12-19(8-11-32-24)27-34-22-15-31-14-20(18-4-5-18)25(22)28(37-27)33-21-9-10-30-13-16(21)2/h6-8,11-12,14-16,18,21,30H,3-5,9-10,13H2,1-2H3,(H,32,35,36)(H,33,34,37). The van der Waals surface area contributed by atoms with E-state index in [4.69, 9.17) is 9.97 Å². The molecule has 2 aliphatic rings. The van der Waals surface area contributed by atoms with Gasteiger partial charge in [-0.15, -0.1) is 0 Å². The molecule has 1 aliphatic carbocycles. The summed E-state index contributed by atoms with van der Waals surface area (Å²) in [7, 11) is 0. The van der Waals surface area contributed by atoms with Gasteiger partial charge in [-0.1, -0.05) is 19.9 Å². The van der Waals surface area contributed by atoms with E-state index in [0.29, 0.717) is 35.3 Å². The van der Waals surface area contributed by atoms with Crippen molar-refractivity contribution in [3.8, 4) is 11.4 Å². The van der Waals surface area contributed by atoms with Gasteiger partial charge in [0.25, 0.3) is 0 Å². The average Bonchev–Trinajstić information content (AvgIpc) is 3.75. The smallest absolute Gasteiger partial charge is 0.214 e. The quantitative estimate of drug-likeness (QED) is 0.299. The molecule has 8 nitrogen and oxygen atoms in total. The molecule has 0 aromatic carbocycles. The first-order valence-electron chi connectivity index (χ1n) is 13.1. The summed E-state index contributed by atoms with van der Waals surface area (Å²) >= 11 is 0. The van der Waals surface area contributed by atoms with Crippen LogP contribution in [-0.4, -0.2) is 44.1 Å². The molecule has 9 heteroatoms. The minimum atomic E-state index is -0.532. The van der Waals surface area contributed by atoms with Crippen molar-refractivity contribution in [1.29, 1.82) is 0 Å². The van der Waals surface area contributed by atoms with Gasteiger partial charge < -0.3 is 16.0 Å². The SMILES string of the molecule is CCc1ccc(F)nc1Nc1cc(-c2nc(NC3CCNCC3C)c3c(C4CC4)cncc3n2)ccn1. The van der Waals surface area contributed by atoms with E-state index in [9.17, 15) is 4.39 Å². The third-order valence-electron chi connectivity index (χ3n) is 7.35. The van der Waals surface area contributed by atoms with Crippen molar-refractivity contribution in [2.45, 2.75) is 51.5 Å². The lowest BCUT2D eigenvalue weighted by atomic mass is 9.95. The Morgan fingerprint density at radius 1 is 1.05 bits per heavy atom. The van der Waals surface area contributed by atoms with Crippen LogP contribution >= 0.6 is 0 Å². The number of nitrogens with zero attached hydrogens (tertiary/aromatic N) is 5. The highest BCUT2D eigenvalue weighted by atomic mass is 19.1. The molecule has 1 saturated carbocycles. The highest BCUT2D eigenvalue weighted by Crippen LogP contribution is 2.44. The van der Waals surface area contributed by atoms with Crippen molar-refractivity contribution in [1.82, 2.24) is 30.2 Å². The van der Waals surface area contributed by atoms with Crippen LogP contribution in [0.25, 0.3) is 22.3 Å². The Kier molecular flexibility index (Phi) is 6.38. The monoisotopic (exact) mass is 498 g/mol. The van der Waals surface area contributed by atoms with Crippen molar-refractivity contribution < 1.29 is 4.39 Å². The first-order valence-corrected chi connectivity index (χ1v) is 13.1. The number of aromatic nitrogens is 5. The lowest BCUT2D eigenvalue weighted by Crippen LogP contribution is -2.42. The number of pyridine rings is 3. The van der Waals surface area contributed by atoms with Crippen LogP contribution in [0.5, 0.6) is 0 Å². The predicted octanol–water partition coefficient (Wildman–Crippen LogP) is 5.21. The Hall–Kier alpha value is -3.72. The van der Waals surface area contributed by atoms with E-state index < -0.39 is 5.95 Å². The van der Waals surface area contributed by atoms with Crippen molar-refractivity contribution in [2.75, 3.05) is 23.7 Å². The zero-order chi connectivity index (χ0) is 25.4. The minimum absolute atomic E-state index is 0.327. The van der Waals surface area contributed by atoms with Crippen molar-refractivity contribution in [3.05, 3.63) is 59.9 Å². The number of fused-ring (bicyclic) bond motifs is 1. The second kappa shape index (κ2) is 9.97. The number of halogens is 1. The van der Waals surface area contributed by atoms with E-state index in [0.717, 1.165) is 53.8 Å². The lowest BCUT2D eigenvalue weighted by Gasteiger charge is -2.31. The van der Waals surface area contributed by atoms with E-state index in [1.165, 1.54) is 24.5 Å². The minimum Gasteiger partial charge on any atom is -0.366 e. The molecular weight excluding hydrogens is 467 g/mol. The van der Waals surface area contributed by atoms with Gasteiger partial charge in [0.2, 0.25) is 5.95 Å². The number of hydrogen-bond acceptors (Lipinski definition) is 8. The number of aryl methyl sites for hydroxylation is 1. The zero-order valence-electron chi connectivity index (χ0n) is 21.1. The summed E-state index contributed by atoms with van der Waals surface area (Å²) in [5.41, 5.74) is 3.79. The second-order valence-electron chi connectivity index (χ2n) is 10.1. The van der Waals surface area contributed by atoms with Gasteiger partial charge in [-0.2, -0.15) is 4.39 Å². The summed E-state index contributed by atoms with van der Waals surface area (Å²) in [6, 6.07) is 7.21. The third kappa shape index (κ3) is 4.96. The molecule has 0 spiro atoms. The molecule has 2 fully saturated rings. The van der Waals surface area contributed by atoms with Crippen molar-refractivity contribution >= 4 is 28.4 Å². The molecule has 190 valence electrons. The number of nitrogens with one attached hydrogen (secondary N) is 3. The van der Waals surface area contributed by atoms with Gasteiger partial charge in [-0.25, -0.2) is 19.9 Å². The number of rotatable bonds is 7. The fourth-order valence-corrected chi connectivity index (χ4v) is 5.07. The largest absolute Gasteiger partial charge is 0.366 e. The van der Waals surface area contributed by atoms with Gasteiger partial charge in [0.05, 0.1) is 11.7 Å². The Bertz CT molecular complexity index is 1440. The van der Waals surface area contributed by atoms with Crippen LogP contribution in [0.15, 0.2) is 42.9 Å². The fraction of sp³-hybridized carbons (Fsp3) is 0.393. The summed E-state index contributed by atoms with van der Waals surface area (Å²) in [4.78, 5) is 23.0. The van der Waals surface area contributed by atoms with Crippen LogP contribution in [0.4, 0.5) is 21.8 Å². The van der Waals surface area contributed by atoms with Gasteiger partial charge in [0.1, 0.15) is 17.5 Å². The predicted molar refractivity (Wildman–Crippen MR) is 143 cm³/mol. The Morgan fingerprint density at radius 2 is 1.95 bits per heavy atom. The van der Waals surface area contributed by atoms with Crippen LogP contribution in [0, 0.1) is 11.9 Å². The molecular formula is C28H31FN8. The zero-order valence-corrected chi connectivity index (χ0v) is 21.1. The van der Waals surface area contributed by atoms with Crippen LogP contribution in [0.3, 0.4) is 0 Å². The van der Waals surface area contributed by atoms with Crippen LogP contribution < -0.4 is 16.0 Å². The molecule has 5 heterocycles. The Labute approximate surface area is 215 Å². The van der Waals surface area contributed by atoms with E-state index in [-0.39, 0.29) is 0 Å². The maximum absolute atomic E-state index is 13.8. The summed E-state index contributed by atoms with van der Waals surface area (Å²) in [5, 5.41) is 11.5. The number of piperidine rings is 1. The van der Waals surface area contributed by atoms with Gasteiger partial charge >= 0.3 is 0 Å². The van der Waals surface area contributed by atoms with Crippen LogP contribution in [-0.2, 0) is 6.42 Å².